The number of ether oxygens (including phenoxy) is 2. The Morgan fingerprint density at radius 1 is 1.20 bits per heavy atom. The van der Waals surface area contributed by atoms with Gasteiger partial charge in [0.2, 0.25) is 0 Å². The van der Waals surface area contributed by atoms with Gasteiger partial charge in [-0.05, 0) is 23.8 Å². The number of guanidine groups is 1. The molecule has 134 valence electrons. The van der Waals surface area contributed by atoms with Crippen LogP contribution < -0.4 is 20.5 Å². The van der Waals surface area contributed by atoms with Crippen LogP contribution in [-0.4, -0.2) is 31.8 Å². The summed E-state index contributed by atoms with van der Waals surface area (Å²) in [5.41, 5.74) is 6.89. The number of aliphatic hydroxyl groups is 1. The molecular formula is C18H22FN3O3. The molecule has 0 saturated heterocycles. The average Bonchev–Trinajstić information content (AvgIpc) is 2.64. The molecule has 0 radical (unpaired) electrons. The molecule has 0 spiro atoms. The molecule has 4 N–H and O–H groups in total. The summed E-state index contributed by atoms with van der Waals surface area (Å²) in [4.78, 5) is 4.20. The Morgan fingerprint density at radius 2 is 1.92 bits per heavy atom. The van der Waals surface area contributed by atoms with Gasteiger partial charge in [-0.15, -0.1) is 0 Å². The predicted molar refractivity (Wildman–Crippen MR) is 94.2 cm³/mol. The van der Waals surface area contributed by atoms with E-state index in [0.717, 1.165) is 5.56 Å². The molecule has 0 fully saturated rings. The van der Waals surface area contributed by atoms with E-state index in [0.29, 0.717) is 18.0 Å². The topological polar surface area (TPSA) is 89.1 Å². The van der Waals surface area contributed by atoms with Crippen LogP contribution in [0.1, 0.15) is 17.2 Å². The van der Waals surface area contributed by atoms with Crippen LogP contribution >= 0.6 is 0 Å². The molecule has 0 aliphatic carbocycles. The number of methoxy groups -OCH3 is 2. The number of nitrogens with two attached hydrogens (primary N) is 1. The summed E-state index contributed by atoms with van der Waals surface area (Å²) in [6, 6.07) is 11.5. The lowest BCUT2D eigenvalue weighted by Crippen LogP contribution is -2.35. The van der Waals surface area contributed by atoms with Crippen molar-refractivity contribution < 1.29 is 19.0 Å². The third-order valence-corrected chi connectivity index (χ3v) is 3.62. The first kappa shape index (κ1) is 18.5. The van der Waals surface area contributed by atoms with E-state index < -0.39 is 11.9 Å². The summed E-state index contributed by atoms with van der Waals surface area (Å²) < 4.78 is 24.0. The first-order valence-corrected chi connectivity index (χ1v) is 7.72. The summed E-state index contributed by atoms with van der Waals surface area (Å²) in [6.07, 6.45) is -1.02. The zero-order chi connectivity index (χ0) is 18.2. The van der Waals surface area contributed by atoms with E-state index in [-0.39, 0.29) is 18.1 Å². The fourth-order valence-corrected chi connectivity index (χ4v) is 2.27. The third-order valence-electron chi connectivity index (χ3n) is 3.62. The molecule has 0 amide bonds. The van der Waals surface area contributed by atoms with Crippen LogP contribution in [0.5, 0.6) is 11.5 Å². The highest BCUT2D eigenvalue weighted by atomic mass is 19.1. The smallest absolute Gasteiger partial charge is 0.189 e. The van der Waals surface area contributed by atoms with Gasteiger partial charge in [-0.25, -0.2) is 9.38 Å². The minimum Gasteiger partial charge on any atom is -0.493 e. The molecule has 1 unspecified atom stereocenters. The molecule has 0 saturated carbocycles. The molecular weight excluding hydrogens is 325 g/mol. The van der Waals surface area contributed by atoms with E-state index in [2.05, 4.69) is 10.3 Å². The Balaban J connectivity index is 1.92. The largest absolute Gasteiger partial charge is 0.493 e. The zero-order valence-corrected chi connectivity index (χ0v) is 14.2. The van der Waals surface area contributed by atoms with E-state index in [4.69, 9.17) is 15.2 Å². The molecule has 0 aromatic heterocycles. The number of halogens is 1. The highest BCUT2D eigenvalue weighted by Crippen LogP contribution is 2.27. The fourth-order valence-electron chi connectivity index (χ4n) is 2.27. The van der Waals surface area contributed by atoms with Gasteiger partial charge in [0.1, 0.15) is 5.82 Å². The van der Waals surface area contributed by atoms with Crippen LogP contribution in [0.25, 0.3) is 0 Å². The lowest BCUT2D eigenvalue weighted by atomic mass is 10.1. The van der Waals surface area contributed by atoms with E-state index in [1.165, 1.54) is 12.1 Å². The van der Waals surface area contributed by atoms with Crippen molar-refractivity contribution in [3.8, 4) is 11.5 Å². The van der Waals surface area contributed by atoms with E-state index in [9.17, 15) is 9.50 Å². The highest BCUT2D eigenvalue weighted by molar-refractivity contribution is 5.77. The number of aliphatic imine (C=N–C) groups is 1. The van der Waals surface area contributed by atoms with E-state index in [1.807, 2.05) is 12.1 Å². The standard InChI is InChI=1S/C18H22FN3O3/c1-24-16-8-7-12(9-17(16)25-2)10-21-18(20)22-11-15(23)13-5-3-4-6-14(13)19/h3-9,15,23H,10-11H2,1-2H3,(H3,20,21,22). The van der Waals surface area contributed by atoms with E-state index >= 15 is 0 Å². The van der Waals surface area contributed by atoms with Crippen molar-refractivity contribution in [3.05, 3.63) is 59.4 Å². The van der Waals surface area contributed by atoms with Gasteiger partial charge in [0, 0.05) is 12.1 Å². The second-order valence-corrected chi connectivity index (χ2v) is 5.31. The van der Waals surface area contributed by atoms with Gasteiger partial charge < -0.3 is 25.6 Å². The zero-order valence-electron chi connectivity index (χ0n) is 14.2. The van der Waals surface area contributed by atoms with Crippen molar-refractivity contribution in [2.75, 3.05) is 20.8 Å². The van der Waals surface area contributed by atoms with Gasteiger partial charge in [-0.3, -0.25) is 0 Å². The Labute approximate surface area is 146 Å². The fraction of sp³-hybridized carbons (Fsp3) is 0.278. The second kappa shape index (κ2) is 8.89. The highest BCUT2D eigenvalue weighted by Gasteiger charge is 2.12. The van der Waals surface area contributed by atoms with Crippen LogP contribution in [0.2, 0.25) is 0 Å². The molecule has 7 heteroatoms. The molecule has 2 aromatic carbocycles. The number of hydrogen-bond donors (Lipinski definition) is 3. The normalized spacial score (nSPS) is 12.6. The van der Waals surface area contributed by atoms with Gasteiger partial charge in [-0.1, -0.05) is 24.3 Å². The van der Waals surface area contributed by atoms with Crippen molar-refractivity contribution >= 4 is 5.96 Å². The van der Waals surface area contributed by atoms with Gasteiger partial charge in [0.15, 0.2) is 17.5 Å². The lowest BCUT2D eigenvalue weighted by Gasteiger charge is -2.13. The summed E-state index contributed by atoms with van der Waals surface area (Å²) in [6.45, 7) is 0.386. The van der Waals surface area contributed by atoms with Crippen molar-refractivity contribution in [2.45, 2.75) is 12.6 Å². The SMILES string of the molecule is COc1ccc(CN=C(N)NCC(O)c2ccccc2F)cc1OC. The number of nitrogens with one attached hydrogen (secondary N) is 1. The first-order valence-electron chi connectivity index (χ1n) is 7.72. The van der Waals surface area contributed by atoms with Crippen molar-refractivity contribution in [3.63, 3.8) is 0 Å². The molecule has 2 aromatic rings. The number of rotatable bonds is 7. The van der Waals surface area contributed by atoms with Crippen LogP contribution in [0.4, 0.5) is 4.39 Å². The Kier molecular flexibility index (Phi) is 6.59. The number of aliphatic hydroxyl groups excluding tert-OH is 1. The molecule has 0 aliphatic rings. The maximum Gasteiger partial charge on any atom is 0.189 e. The monoisotopic (exact) mass is 347 g/mol. The van der Waals surface area contributed by atoms with Gasteiger partial charge in [-0.2, -0.15) is 0 Å². The predicted octanol–water partition coefficient (Wildman–Crippen LogP) is 1.98. The number of benzene rings is 2. The number of hydrogen-bond acceptors (Lipinski definition) is 4. The van der Waals surface area contributed by atoms with Crippen molar-refractivity contribution in [2.24, 2.45) is 10.7 Å². The lowest BCUT2D eigenvalue weighted by molar-refractivity contribution is 0.176. The second-order valence-electron chi connectivity index (χ2n) is 5.31. The number of nitrogens with zero attached hydrogens (tertiary/aromatic N) is 1. The van der Waals surface area contributed by atoms with Gasteiger partial charge >= 0.3 is 0 Å². The van der Waals surface area contributed by atoms with Crippen molar-refractivity contribution in [1.29, 1.82) is 0 Å². The average molecular weight is 347 g/mol. The molecule has 0 aliphatic heterocycles. The minimum absolute atomic E-state index is 0.0577. The summed E-state index contributed by atoms with van der Waals surface area (Å²) in [5.74, 6) is 0.939. The molecule has 6 nitrogen and oxygen atoms in total. The molecule has 1 atom stereocenters. The Hall–Kier alpha value is -2.80. The van der Waals surface area contributed by atoms with Crippen LogP contribution in [0, 0.1) is 5.82 Å². The van der Waals surface area contributed by atoms with Gasteiger partial charge in [0.25, 0.3) is 0 Å². The van der Waals surface area contributed by atoms with E-state index in [1.54, 1.807) is 32.4 Å². The molecule has 0 bridgehead atoms. The van der Waals surface area contributed by atoms with Crippen LogP contribution in [0.3, 0.4) is 0 Å². The molecule has 2 rings (SSSR count). The Bertz CT molecular complexity index is 737. The molecule has 0 heterocycles. The first-order chi connectivity index (χ1) is 12.0. The third kappa shape index (κ3) is 5.09. The molecule has 25 heavy (non-hydrogen) atoms. The van der Waals surface area contributed by atoms with Crippen LogP contribution in [-0.2, 0) is 6.54 Å². The summed E-state index contributed by atoms with van der Waals surface area (Å²) in [5, 5.41) is 12.8. The summed E-state index contributed by atoms with van der Waals surface area (Å²) >= 11 is 0. The summed E-state index contributed by atoms with van der Waals surface area (Å²) in [7, 11) is 3.13. The minimum atomic E-state index is -1.02. The van der Waals surface area contributed by atoms with Crippen molar-refractivity contribution in [1.82, 2.24) is 5.32 Å². The maximum atomic E-state index is 13.6. The Morgan fingerprint density at radius 3 is 2.60 bits per heavy atom. The van der Waals surface area contributed by atoms with Gasteiger partial charge in [0.05, 0.1) is 26.9 Å². The maximum absolute atomic E-state index is 13.6. The quantitative estimate of drug-likeness (QED) is 0.526. The van der Waals surface area contributed by atoms with Crippen LogP contribution in [0.15, 0.2) is 47.5 Å².